The molecule has 2 amide bonds. The van der Waals surface area contributed by atoms with Gasteiger partial charge in [-0.3, -0.25) is 9.59 Å². The number of carbonyl (C=O) groups is 2. The van der Waals surface area contributed by atoms with Crippen molar-refractivity contribution in [1.29, 1.82) is 0 Å². The van der Waals surface area contributed by atoms with Crippen LogP contribution in [0.15, 0.2) is 84.0 Å². The third kappa shape index (κ3) is 4.67. The van der Waals surface area contributed by atoms with Crippen LogP contribution in [0.1, 0.15) is 20.8 Å². The molecule has 0 radical (unpaired) electrons. The van der Waals surface area contributed by atoms with Crippen molar-refractivity contribution in [3.05, 3.63) is 100 Å². The zero-order valence-corrected chi connectivity index (χ0v) is 17.0. The first-order valence-electron chi connectivity index (χ1n) is 9.65. The molecule has 2 aromatic carbocycles. The molecule has 30 heavy (non-hydrogen) atoms. The van der Waals surface area contributed by atoms with Crippen molar-refractivity contribution >= 4 is 40.1 Å². The number of hydrogen-bond acceptors (Lipinski definition) is 3. The molecule has 0 bridgehead atoms. The summed E-state index contributed by atoms with van der Waals surface area (Å²) in [5.74, 6) is -0.627. The Labute approximate surface area is 178 Å². The highest BCUT2D eigenvalue weighted by atomic mass is 32.1. The number of rotatable bonds is 7. The van der Waals surface area contributed by atoms with Gasteiger partial charge in [-0.15, -0.1) is 11.3 Å². The van der Waals surface area contributed by atoms with Gasteiger partial charge in [0.25, 0.3) is 11.8 Å². The number of amides is 2. The summed E-state index contributed by atoms with van der Waals surface area (Å²) in [6.07, 6.45) is 4.36. The van der Waals surface area contributed by atoms with Gasteiger partial charge in [-0.2, -0.15) is 0 Å². The molecule has 5 nitrogen and oxygen atoms in total. The smallest absolute Gasteiger partial charge is 0.267 e. The SMILES string of the molecule is O=C(NCCc1c[nH]c2ccccc12)/C(=C\c1cccs1)NC(=O)c1ccccc1. The van der Waals surface area contributed by atoms with E-state index in [2.05, 4.69) is 21.7 Å². The van der Waals surface area contributed by atoms with Crippen LogP contribution >= 0.6 is 11.3 Å². The topological polar surface area (TPSA) is 74.0 Å². The van der Waals surface area contributed by atoms with E-state index in [0.717, 1.165) is 21.3 Å². The first kappa shape index (κ1) is 19.7. The van der Waals surface area contributed by atoms with Gasteiger partial charge in [0.05, 0.1) is 0 Å². The van der Waals surface area contributed by atoms with Crippen LogP contribution in [0.3, 0.4) is 0 Å². The number of thiophene rings is 1. The lowest BCUT2D eigenvalue weighted by molar-refractivity contribution is -0.117. The van der Waals surface area contributed by atoms with Gasteiger partial charge in [-0.1, -0.05) is 42.5 Å². The molecule has 2 heterocycles. The van der Waals surface area contributed by atoms with E-state index >= 15 is 0 Å². The van der Waals surface area contributed by atoms with Gasteiger partial charge in [-0.05, 0) is 47.7 Å². The largest absolute Gasteiger partial charge is 0.361 e. The summed E-state index contributed by atoms with van der Waals surface area (Å²) in [4.78, 5) is 29.5. The third-order valence-corrected chi connectivity index (χ3v) is 5.53. The number of benzene rings is 2. The Kier molecular flexibility index (Phi) is 6.06. The Morgan fingerprint density at radius 3 is 2.57 bits per heavy atom. The molecule has 0 saturated carbocycles. The second-order valence-electron chi connectivity index (χ2n) is 6.76. The normalized spacial score (nSPS) is 11.4. The van der Waals surface area contributed by atoms with Crippen LogP contribution in [0, 0.1) is 0 Å². The van der Waals surface area contributed by atoms with Crippen molar-refractivity contribution in [2.24, 2.45) is 0 Å². The molecule has 0 fully saturated rings. The van der Waals surface area contributed by atoms with E-state index in [9.17, 15) is 9.59 Å². The van der Waals surface area contributed by atoms with Gasteiger partial charge >= 0.3 is 0 Å². The van der Waals surface area contributed by atoms with Crippen LogP contribution < -0.4 is 10.6 Å². The fourth-order valence-electron chi connectivity index (χ4n) is 3.20. The second-order valence-corrected chi connectivity index (χ2v) is 7.74. The third-order valence-electron chi connectivity index (χ3n) is 4.71. The van der Waals surface area contributed by atoms with Gasteiger partial charge in [0, 0.05) is 34.1 Å². The lowest BCUT2D eigenvalue weighted by Crippen LogP contribution is -2.35. The van der Waals surface area contributed by atoms with E-state index < -0.39 is 0 Å². The van der Waals surface area contributed by atoms with Gasteiger partial charge in [-0.25, -0.2) is 0 Å². The molecular formula is C24H21N3O2S. The van der Waals surface area contributed by atoms with Crippen LogP contribution in [0.25, 0.3) is 17.0 Å². The van der Waals surface area contributed by atoms with E-state index in [4.69, 9.17) is 0 Å². The van der Waals surface area contributed by atoms with Crippen LogP contribution in [0.2, 0.25) is 0 Å². The molecule has 0 saturated heterocycles. The highest BCUT2D eigenvalue weighted by molar-refractivity contribution is 7.10. The number of aromatic amines is 1. The molecule has 2 aromatic heterocycles. The first-order valence-corrected chi connectivity index (χ1v) is 10.5. The maximum Gasteiger partial charge on any atom is 0.267 e. The van der Waals surface area contributed by atoms with Crippen molar-refractivity contribution in [3.8, 4) is 0 Å². The van der Waals surface area contributed by atoms with Crippen molar-refractivity contribution in [1.82, 2.24) is 15.6 Å². The lowest BCUT2D eigenvalue weighted by atomic mass is 10.1. The Hall–Kier alpha value is -3.64. The molecule has 0 aliphatic heterocycles. The van der Waals surface area contributed by atoms with E-state index in [1.807, 2.05) is 48.0 Å². The minimum absolute atomic E-state index is 0.227. The summed E-state index contributed by atoms with van der Waals surface area (Å²) < 4.78 is 0. The van der Waals surface area contributed by atoms with Gasteiger partial charge in [0.1, 0.15) is 5.70 Å². The highest BCUT2D eigenvalue weighted by Gasteiger charge is 2.15. The highest BCUT2D eigenvalue weighted by Crippen LogP contribution is 2.18. The summed E-state index contributed by atoms with van der Waals surface area (Å²) in [7, 11) is 0. The molecule has 4 aromatic rings. The van der Waals surface area contributed by atoms with E-state index in [1.165, 1.54) is 11.3 Å². The van der Waals surface area contributed by atoms with E-state index in [0.29, 0.717) is 18.5 Å². The van der Waals surface area contributed by atoms with Gasteiger partial charge < -0.3 is 15.6 Å². The van der Waals surface area contributed by atoms with Crippen molar-refractivity contribution in [3.63, 3.8) is 0 Å². The van der Waals surface area contributed by atoms with Crippen molar-refractivity contribution in [2.75, 3.05) is 6.54 Å². The average Bonchev–Trinajstić information content (AvgIpc) is 3.44. The molecule has 0 aliphatic carbocycles. The summed E-state index contributed by atoms with van der Waals surface area (Å²) in [5.41, 5.74) is 2.95. The molecular weight excluding hydrogens is 394 g/mol. The molecule has 3 N–H and O–H groups in total. The fourth-order valence-corrected chi connectivity index (χ4v) is 3.86. The van der Waals surface area contributed by atoms with Crippen molar-refractivity contribution < 1.29 is 9.59 Å². The Bertz CT molecular complexity index is 1180. The minimum atomic E-state index is -0.315. The zero-order chi connectivity index (χ0) is 20.8. The zero-order valence-electron chi connectivity index (χ0n) is 16.2. The van der Waals surface area contributed by atoms with E-state index in [-0.39, 0.29) is 17.5 Å². The summed E-state index contributed by atoms with van der Waals surface area (Å²) >= 11 is 1.50. The maximum absolute atomic E-state index is 12.8. The summed E-state index contributed by atoms with van der Waals surface area (Å²) in [6, 6.07) is 20.7. The number of H-pyrrole nitrogens is 1. The molecule has 0 unspecified atom stereocenters. The Morgan fingerprint density at radius 1 is 0.967 bits per heavy atom. The molecule has 150 valence electrons. The Morgan fingerprint density at radius 2 is 1.77 bits per heavy atom. The number of aromatic nitrogens is 1. The molecule has 0 spiro atoms. The number of nitrogens with one attached hydrogen (secondary N) is 3. The van der Waals surface area contributed by atoms with Crippen LogP contribution in [0.4, 0.5) is 0 Å². The molecule has 6 heteroatoms. The van der Waals surface area contributed by atoms with Gasteiger partial charge in [0.15, 0.2) is 0 Å². The minimum Gasteiger partial charge on any atom is -0.361 e. The van der Waals surface area contributed by atoms with Gasteiger partial charge in [0.2, 0.25) is 0 Å². The summed E-state index contributed by atoms with van der Waals surface area (Å²) in [5, 5.41) is 8.76. The monoisotopic (exact) mass is 415 g/mol. The lowest BCUT2D eigenvalue weighted by Gasteiger charge is -2.11. The fraction of sp³-hybridized carbons (Fsp3) is 0.0833. The molecule has 4 rings (SSSR count). The second kappa shape index (κ2) is 9.24. The first-order chi connectivity index (χ1) is 14.7. The summed E-state index contributed by atoms with van der Waals surface area (Å²) in [6.45, 7) is 0.462. The number of carbonyl (C=O) groups excluding carboxylic acids is 2. The number of para-hydroxylation sites is 1. The molecule has 0 aliphatic rings. The van der Waals surface area contributed by atoms with Crippen LogP contribution in [-0.2, 0) is 11.2 Å². The van der Waals surface area contributed by atoms with Crippen molar-refractivity contribution in [2.45, 2.75) is 6.42 Å². The Balaban J connectivity index is 1.45. The average molecular weight is 416 g/mol. The quantitative estimate of drug-likeness (QED) is 0.392. The molecule has 0 atom stereocenters. The number of fused-ring (bicyclic) bond motifs is 1. The van der Waals surface area contributed by atoms with Crippen LogP contribution in [0.5, 0.6) is 0 Å². The number of hydrogen-bond donors (Lipinski definition) is 3. The van der Waals surface area contributed by atoms with Crippen LogP contribution in [-0.4, -0.2) is 23.3 Å². The predicted octanol–water partition coefficient (Wildman–Crippen LogP) is 4.36. The standard InChI is InChI=1S/C24H21N3O2S/c28-23(17-7-2-1-3-8-17)27-22(15-19-9-6-14-30-19)24(29)25-13-12-18-16-26-21-11-5-4-10-20(18)21/h1-11,14-16,26H,12-13H2,(H,25,29)(H,27,28)/b22-15+. The van der Waals surface area contributed by atoms with E-state index in [1.54, 1.807) is 30.3 Å². The maximum atomic E-state index is 12.8. The predicted molar refractivity (Wildman–Crippen MR) is 121 cm³/mol.